The Morgan fingerprint density at radius 3 is 2.29 bits per heavy atom. The van der Waals surface area contributed by atoms with E-state index >= 15 is 0 Å². The zero-order valence-corrected chi connectivity index (χ0v) is 10.00. The topological polar surface area (TPSA) is 78.4 Å². The van der Waals surface area contributed by atoms with E-state index < -0.39 is 11.5 Å². The number of aliphatic carboxylic acids is 1. The minimum Gasteiger partial charge on any atom is -0.481 e. The quantitative estimate of drug-likeness (QED) is 0.698. The van der Waals surface area contributed by atoms with Crippen molar-refractivity contribution in [2.24, 2.45) is 0 Å². The molecule has 2 rings (SSSR count). The van der Waals surface area contributed by atoms with Gasteiger partial charge in [0.1, 0.15) is 0 Å². The summed E-state index contributed by atoms with van der Waals surface area (Å²) in [4.78, 5) is 22.5. The van der Waals surface area contributed by atoms with Crippen molar-refractivity contribution in [3.63, 3.8) is 0 Å². The molecule has 0 radical (unpaired) electrons. The van der Waals surface area contributed by atoms with Gasteiger partial charge in [0.15, 0.2) is 0 Å². The summed E-state index contributed by atoms with van der Waals surface area (Å²) in [6.07, 6.45) is 7.01. The highest BCUT2D eigenvalue weighted by molar-refractivity contribution is 5.77. The highest BCUT2D eigenvalue weighted by atomic mass is 16.4. The molecule has 2 aliphatic rings. The molecule has 0 heterocycles. The van der Waals surface area contributed by atoms with Crippen molar-refractivity contribution in [3.8, 4) is 0 Å². The summed E-state index contributed by atoms with van der Waals surface area (Å²) in [5, 5.41) is 14.6. The third-order valence-corrected chi connectivity index (χ3v) is 3.87. The number of carbonyl (C=O) groups excluding carboxylic acids is 1. The van der Waals surface area contributed by atoms with E-state index in [0.717, 1.165) is 32.1 Å². The molecule has 2 saturated carbocycles. The second kappa shape index (κ2) is 4.94. The summed E-state index contributed by atoms with van der Waals surface area (Å²) >= 11 is 0. The molecule has 0 aromatic rings. The predicted molar refractivity (Wildman–Crippen MR) is 62.8 cm³/mol. The van der Waals surface area contributed by atoms with Crippen LogP contribution in [0.25, 0.3) is 0 Å². The van der Waals surface area contributed by atoms with E-state index in [1.54, 1.807) is 0 Å². The summed E-state index contributed by atoms with van der Waals surface area (Å²) in [5.41, 5.74) is -0.492. The second-order valence-electron chi connectivity index (χ2n) is 5.28. The standard InChI is InChI=1S/C12H20N2O3/c15-10(16)8-12(6-3-7-12)14-11(17)13-9-4-1-2-5-9/h9H,1-8H2,(H,15,16)(H2,13,14,17). The summed E-state index contributed by atoms with van der Waals surface area (Å²) in [7, 11) is 0. The Labute approximate surface area is 101 Å². The van der Waals surface area contributed by atoms with Gasteiger partial charge in [-0.15, -0.1) is 0 Å². The van der Waals surface area contributed by atoms with Gasteiger partial charge in [-0.2, -0.15) is 0 Å². The van der Waals surface area contributed by atoms with Gasteiger partial charge in [-0.1, -0.05) is 12.8 Å². The molecule has 2 aliphatic carbocycles. The first-order valence-corrected chi connectivity index (χ1v) is 6.40. The van der Waals surface area contributed by atoms with Crippen molar-refractivity contribution < 1.29 is 14.7 Å². The number of carboxylic acids is 1. The van der Waals surface area contributed by atoms with Crippen molar-refractivity contribution in [1.29, 1.82) is 0 Å². The molecule has 0 bridgehead atoms. The fourth-order valence-electron chi connectivity index (χ4n) is 2.77. The number of carbonyl (C=O) groups is 2. The van der Waals surface area contributed by atoms with E-state index in [9.17, 15) is 9.59 Å². The van der Waals surface area contributed by atoms with Crippen molar-refractivity contribution in [2.45, 2.75) is 62.9 Å². The monoisotopic (exact) mass is 240 g/mol. The van der Waals surface area contributed by atoms with E-state index in [2.05, 4.69) is 10.6 Å². The van der Waals surface area contributed by atoms with Crippen LogP contribution in [0.4, 0.5) is 4.79 Å². The fraction of sp³-hybridized carbons (Fsp3) is 0.833. The van der Waals surface area contributed by atoms with Crippen LogP contribution in [0.3, 0.4) is 0 Å². The average Bonchev–Trinajstić information content (AvgIpc) is 2.66. The van der Waals surface area contributed by atoms with Gasteiger partial charge in [0.2, 0.25) is 0 Å². The van der Waals surface area contributed by atoms with Crippen LogP contribution in [0, 0.1) is 0 Å². The summed E-state index contributed by atoms with van der Waals surface area (Å²) in [5.74, 6) is -0.842. The molecule has 0 saturated heterocycles. The smallest absolute Gasteiger partial charge is 0.315 e. The highest BCUT2D eigenvalue weighted by Crippen LogP contribution is 2.34. The number of urea groups is 1. The molecule has 5 nitrogen and oxygen atoms in total. The van der Waals surface area contributed by atoms with Crippen molar-refractivity contribution in [2.75, 3.05) is 0 Å². The first-order chi connectivity index (χ1) is 8.10. The molecule has 0 aromatic carbocycles. The van der Waals surface area contributed by atoms with E-state index in [4.69, 9.17) is 5.11 Å². The third-order valence-electron chi connectivity index (χ3n) is 3.87. The molecule has 2 fully saturated rings. The van der Waals surface area contributed by atoms with Crippen LogP contribution in [0.15, 0.2) is 0 Å². The Morgan fingerprint density at radius 1 is 1.18 bits per heavy atom. The normalized spacial score (nSPS) is 22.8. The second-order valence-corrected chi connectivity index (χ2v) is 5.28. The lowest BCUT2D eigenvalue weighted by Gasteiger charge is -2.41. The SMILES string of the molecule is O=C(O)CC1(NC(=O)NC2CCCC2)CCC1. The van der Waals surface area contributed by atoms with Crippen molar-refractivity contribution >= 4 is 12.0 Å². The maximum Gasteiger partial charge on any atom is 0.315 e. The van der Waals surface area contributed by atoms with Crippen LogP contribution in [-0.4, -0.2) is 28.7 Å². The van der Waals surface area contributed by atoms with Gasteiger partial charge in [-0.05, 0) is 32.1 Å². The predicted octanol–water partition coefficient (Wildman–Crippen LogP) is 1.63. The molecule has 17 heavy (non-hydrogen) atoms. The van der Waals surface area contributed by atoms with Gasteiger partial charge in [0.25, 0.3) is 0 Å². The van der Waals surface area contributed by atoms with Gasteiger partial charge in [0, 0.05) is 6.04 Å². The van der Waals surface area contributed by atoms with E-state index in [1.807, 2.05) is 0 Å². The zero-order valence-electron chi connectivity index (χ0n) is 10.00. The zero-order chi connectivity index (χ0) is 12.3. The molecular formula is C12H20N2O3. The highest BCUT2D eigenvalue weighted by Gasteiger charge is 2.40. The lowest BCUT2D eigenvalue weighted by molar-refractivity contribution is -0.139. The molecule has 3 N–H and O–H groups in total. The summed E-state index contributed by atoms with van der Waals surface area (Å²) < 4.78 is 0. The molecule has 0 aromatic heterocycles. The number of rotatable bonds is 4. The van der Waals surface area contributed by atoms with Crippen LogP contribution < -0.4 is 10.6 Å². The number of nitrogens with one attached hydrogen (secondary N) is 2. The summed E-state index contributed by atoms with van der Waals surface area (Å²) in [6, 6.07) is 0.0785. The maximum absolute atomic E-state index is 11.8. The number of amides is 2. The Bertz CT molecular complexity index is 307. The fourth-order valence-corrected chi connectivity index (χ4v) is 2.77. The van der Waals surface area contributed by atoms with Crippen LogP contribution in [-0.2, 0) is 4.79 Å². The molecule has 5 heteroatoms. The largest absolute Gasteiger partial charge is 0.481 e. The number of hydrogen-bond donors (Lipinski definition) is 3. The molecule has 0 spiro atoms. The van der Waals surface area contributed by atoms with Gasteiger partial charge < -0.3 is 15.7 Å². The Balaban J connectivity index is 1.81. The molecule has 96 valence electrons. The van der Waals surface area contributed by atoms with Crippen LogP contribution in [0.1, 0.15) is 51.4 Å². The summed E-state index contributed by atoms with van der Waals surface area (Å²) in [6.45, 7) is 0. The van der Waals surface area contributed by atoms with Crippen molar-refractivity contribution in [1.82, 2.24) is 10.6 Å². The molecular weight excluding hydrogens is 220 g/mol. The lowest BCUT2D eigenvalue weighted by atomic mass is 9.74. The minimum absolute atomic E-state index is 0.0328. The van der Waals surface area contributed by atoms with Gasteiger partial charge in [0.05, 0.1) is 12.0 Å². The van der Waals surface area contributed by atoms with Crippen molar-refractivity contribution in [3.05, 3.63) is 0 Å². The molecule has 0 unspecified atom stereocenters. The van der Waals surface area contributed by atoms with E-state index in [-0.39, 0.29) is 18.5 Å². The first-order valence-electron chi connectivity index (χ1n) is 6.40. The first kappa shape index (κ1) is 12.2. The van der Waals surface area contributed by atoms with Gasteiger partial charge in [-0.3, -0.25) is 4.79 Å². The molecule has 2 amide bonds. The Hall–Kier alpha value is -1.26. The van der Waals surface area contributed by atoms with E-state index in [1.165, 1.54) is 12.8 Å². The minimum atomic E-state index is -0.842. The van der Waals surface area contributed by atoms with Crippen LogP contribution >= 0.6 is 0 Å². The third kappa shape index (κ3) is 3.11. The van der Waals surface area contributed by atoms with Gasteiger partial charge in [-0.25, -0.2) is 4.79 Å². The maximum atomic E-state index is 11.8. The van der Waals surface area contributed by atoms with Crippen LogP contribution in [0.5, 0.6) is 0 Å². The van der Waals surface area contributed by atoms with E-state index in [0.29, 0.717) is 0 Å². The molecule has 0 aliphatic heterocycles. The van der Waals surface area contributed by atoms with Gasteiger partial charge >= 0.3 is 12.0 Å². The number of hydrogen-bond acceptors (Lipinski definition) is 2. The Morgan fingerprint density at radius 2 is 1.82 bits per heavy atom. The lowest BCUT2D eigenvalue weighted by Crippen LogP contribution is -2.58. The molecule has 0 atom stereocenters. The Kier molecular flexibility index (Phi) is 3.54. The average molecular weight is 240 g/mol. The number of carboxylic acid groups (broad SMARTS) is 1. The van der Waals surface area contributed by atoms with Crippen LogP contribution in [0.2, 0.25) is 0 Å².